The molecule has 0 amide bonds. The van der Waals surface area contributed by atoms with Crippen molar-refractivity contribution in [1.29, 1.82) is 5.26 Å². The van der Waals surface area contributed by atoms with E-state index in [1.807, 2.05) is 6.07 Å². The van der Waals surface area contributed by atoms with Gasteiger partial charge in [0.25, 0.3) is 5.56 Å². The van der Waals surface area contributed by atoms with E-state index in [1.54, 1.807) is 7.05 Å². The molecule has 0 aliphatic rings. The predicted molar refractivity (Wildman–Crippen MR) is 89.1 cm³/mol. The van der Waals surface area contributed by atoms with E-state index in [-0.39, 0.29) is 22.5 Å². The molecule has 0 saturated carbocycles. The molecule has 0 aliphatic heterocycles. The molecular weight excluding hydrogens is 361 g/mol. The van der Waals surface area contributed by atoms with E-state index < -0.39 is 17.4 Å². The number of halogens is 3. The van der Waals surface area contributed by atoms with Crippen molar-refractivity contribution in [2.24, 2.45) is 7.05 Å². The van der Waals surface area contributed by atoms with Crippen LogP contribution >= 0.6 is 0 Å². The number of nitrogens with zero attached hydrogens (tertiary/aromatic N) is 6. The number of alkyl halides is 3. The lowest BCUT2D eigenvalue weighted by molar-refractivity contribution is -0.141. The lowest BCUT2D eigenvalue weighted by atomic mass is 10.1. The fraction of sp³-hybridized carbons (Fsp3) is 0.118. The molecule has 0 bridgehead atoms. The van der Waals surface area contributed by atoms with Gasteiger partial charge in [-0.1, -0.05) is 0 Å². The topological polar surface area (TPSA) is 89.4 Å². The van der Waals surface area contributed by atoms with Crippen molar-refractivity contribution in [2.45, 2.75) is 6.18 Å². The summed E-state index contributed by atoms with van der Waals surface area (Å²) >= 11 is 0. The van der Waals surface area contributed by atoms with Crippen LogP contribution in [0.25, 0.3) is 27.6 Å². The van der Waals surface area contributed by atoms with Gasteiger partial charge in [-0.15, -0.1) is 0 Å². The van der Waals surface area contributed by atoms with Crippen LogP contribution in [0.4, 0.5) is 13.2 Å². The average Bonchev–Trinajstić information content (AvgIpc) is 3.03. The Balaban J connectivity index is 2.25. The second kappa shape index (κ2) is 5.63. The Morgan fingerprint density at radius 3 is 2.67 bits per heavy atom. The van der Waals surface area contributed by atoms with E-state index in [0.29, 0.717) is 10.8 Å². The molecule has 0 spiro atoms. The van der Waals surface area contributed by atoms with Gasteiger partial charge in [-0.3, -0.25) is 14.0 Å². The summed E-state index contributed by atoms with van der Waals surface area (Å²) in [5, 5.41) is 14.1. The van der Waals surface area contributed by atoms with Crippen molar-refractivity contribution in [3.05, 3.63) is 58.4 Å². The second-order valence-electron chi connectivity index (χ2n) is 5.75. The van der Waals surface area contributed by atoms with Gasteiger partial charge in [0, 0.05) is 30.2 Å². The summed E-state index contributed by atoms with van der Waals surface area (Å²) < 4.78 is 41.9. The predicted octanol–water partition coefficient (Wildman–Crippen LogP) is 2.56. The quantitative estimate of drug-likeness (QED) is 0.514. The number of rotatable bonds is 1. The molecule has 0 N–H and O–H groups in total. The van der Waals surface area contributed by atoms with Crippen molar-refractivity contribution < 1.29 is 13.2 Å². The lowest BCUT2D eigenvalue weighted by Crippen LogP contribution is -2.22. The number of hydrogen-bond acceptors (Lipinski definition) is 5. The van der Waals surface area contributed by atoms with Gasteiger partial charge in [-0.25, -0.2) is 9.97 Å². The van der Waals surface area contributed by atoms with Crippen LogP contribution in [-0.4, -0.2) is 24.3 Å². The zero-order chi connectivity index (χ0) is 19.3. The first-order valence-corrected chi connectivity index (χ1v) is 7.63. The molecule has 7 nitrogen and oxygen atoms in total. The summed E-state index contributed by atoms with van der Waals surface area (Å²) in [7, 11) is 1.60. The fourth-order valence-corrected chi connectivity index (χ4v) is 2.92. The molecule has 0 atom stereocenters. The van der Waals surface area contributed by atoms with Crippen molar-refractivity contribution >= 4 is 21.9 Å². The maximum Gasteiger partial charge on any atom is 0.433 e. The van der Waals surface area contributed by atoms with Gasteiger partial charge >= 0.3 is 6.18 Å². The van der Waals surface area contributed by atoms with Crippen LogP contribution in [0.3, 0.4) is 0 Å². The summed E-state index contributed by atoms with van der Waals surface area (Å²) in [6.07, 6.45) is -1.80. The normalized spacial score (nSPS) is 11.8. The van der Waals surface area contributed by atoms with Crippen LogP contribution in [0.15, 0.2) is 41.5 Å². The van der Waals surface area contributed by atoms with Gasteiger partial charge in [-0.05, 0) is 24.3 Å². The number of fused-ring (bicyclic) bond motifs is 3. The smallest absolute Gasteiger partial charge is 0.274 e. The van der Waals surface area contributed by atoms with Crippen molar-refractivity contribution in [1.82, 2.24) is 24.3 Å². The Morgan fingerprint density at radius 1 is 1.19 bits per heavy atom. The molecule has 4 aromatic heterocycles. The lowest BCUT2D eigenvalue weighted by Gasteiger charge is -2.13. The van der Waals surface area contributed by atoms with Crippen molar-refractivity contribution in [3.63, 3.8) is 0 Å². The molecule has 0 aliphatic carbocycles. The monoisotopic (exact) mass is 370 g/mol. The zero-order valence-corrected chi connectivity index (χ0v) is 13.7. The third-order valence-corrected chi connectivity index (χ3v) is 4.04. The van der Waals surface area contributed by atoms with Crippen molar-refractivity contribution in [2.75, 3.05) is 0 Å². The summed E-state index contributed by atoms with van der Waals surface area (Å²) in [5.41, 5.74) is -2.08. The Kier molecular flexibility index (Phi) is 3.49. The molecule has 4 rings (SSSR count). The number of pyridine rings is 3. The second-order valence-corrected chi connectivity index (χ2v) is 5.75. The maximum atomic E-state index is 13.2. The highest BCUT2D eigenvalue weighted by Crippen LogP contribution is 2.31. The Bertz CT molecular complexity index is 1310. The Morgan fingerprint density at radius 2 is 1.96 bits per heavy atom. The Labute approximate surface area is 148 Å². The van der Waals surface area contributed by atoms with Crippen LogP contribution in [-0.2, 0) is 13.2 Å². The van der Waals surface area contributed by atoms with E-state index in [0.717, 1.165) is 10.6 Å². The van der Waals surface area contributed by atoms with Crippen molar-refractivity contribution in [3.8, 4) is 11.8 Å². The average molecular weight is 370 g/mol. The van der Waals surface area contributed by atoms with E-state index in [2.05, 4.69) is 15.1 Å². The molecule has 0 aromatic carbocycles. The minimum absolute atomic E-state index is 0.0365. The number of hydrogen-bond donors (Lipinski definition) is 0. The van der Waals surface area contributed by atoms with Crippen LogP contribution < -0.4 is 5.56 Å². The highest BCUT2D eigenvalue weighted by molar-refractivity contribution is 6.03. The molecule has 4 heterocycles. The summed E-state index contributed by atoms with van der Waals surface area (Å²) in [5.74, 6) is 0. The van der Waals surface area contributed by atoms with E-state index >= 15 is 0 Å². The third kappa shape index (κ3) is 2.52. The number of aryl methyl sites for hydroxylation is 1. The van der Waals surface area contributed by atoms with E-state index in [9.17, 15) is 23.2 Å². The molecule has 0 saturated heterocycles. The molecule has 10 heteroatoms. The Hall–Kier alpha value is -3.74. The number of nitriles is 1. The van der Waals surface area contributed by atoms with Gasteiger partial charge in [0.1, 0.15) is 17.4 Å². The zero-order valence-electron chi connectivity index (χ0n) is 13.7. The molecule has 27 heavy (non-hydrogen) atoms. The van der Waals surface area contributed by atoms with Crippen LogP contribution in [0.1, 0.15) is 11.4 Å². The summed E-state index contributed by atoms with van der Waals surface area (Å²) in [4.78, 5) is 20.6. The van der Waals surface area contributed by atoms with Gasteiger partial charge < -0.3 is 0 Å². The maximum absolute atomic E-state index is 13.2. The minimum Gasteiger partial charge on any atom is -0.274 e. The van der Waals surface area contributed by atoms with Gasteiger partial charge in [0.2, 0.25) is 0 Å². The van der Waals surface area contributed by atoms with Gasteiger partial charge in [0.05, 0.1) is 5.69 Å². The first kappa shape index (κ1) is 16.7. The molecule has 0 radical (unpaired) electrons. The fourth-order valence-electron chi connectivity index (χ4n) is 2.92. The van der Waals surface area contributed by atoms with Gasteiger partial charge in [0.15, 0.2) is 11.2 Å². The first-order valence-electron chi connectivity index (χ1n) is 7.63. The standard InChI is InChI=1S/C17H9F3N6O/c1-25-8-10-9-4-5-13(17(18,19)20)23-15(9)26(16(27)14(10)24-25)12-3-2-6-22-11(12)7-21/h2-6,8H,1H3. The highest BCUT2D eigenvalue weighted by atomic mass is 19.4. The van der Waals surface area contributed by atoms with Gasteiger partial charge in [-0.2, -0.15) is 23.5 Å². The summed E-state index contributed by atoms with van der Waals surface area (Å²) in [6.45, 7) is 0. The van der Waals surface area contributed by atoms with E-state index in [4.69, 9.17) is 0 Å². The van der Waals surface area contributed by atoms with Crippen LogP contribution in [0.5, 0.6) is 0 Å². The molecular formula is C17H9F3N6O. The van der Waals surface area contributed by atoms with Crippen LogP contribution in [0.2, 0.25) is 0 Å². The highest BCUT2D eigenvalue weighted by Gasteiger charge is 2.33. The molecule has 134 valence electrons. The van der Waals surface area contributed by atoms with E-state index in [1.165, 1.54) is 35.3 Å². The minimum atomic E-state index is -4.69. The third-order valence-electron chi connectivity index (χ3n) is 4.04. The molecule has 0 fully saturated rings. The largest absolute Gasteiger partial charge is 0.433 e. The first-order chi connectivity index (χ1) is 12.8. The number of aromatic nitrogens is 5. The summed E-state index contributed by atoms with van der Waals surface area (Å²) in [6, 6.07) is 6.82. The SMILES string of the molecule is Cn1cc2c(n1)c(=O)n(-c1cccnc1C#N)c1nc(C(F)(F)F)ccc21. The van der Waals surface area contributed by atoms with Crippen LogP contribution in [0, 0.1) is 11.3 Å². The molecule has 0 unspecified atom stereocenters. The molecule has 4 aromatic rings.